The molecule has 1 aliphatic rings. The summed E-state index contributed by atoms with van der Waals surface area (Å²) in [5, 5.41) is 1.24. The van der Waals surface area contributed by atoms with Crippen LogP contribution in [0.3, 0.4) is 0 Å². The van der Waals surface area contributed by atoms with Crippen molar-refractivity contribution in [3.05, 3.63) is 65.4 Å². The lowest BCUT2D eigenvalue weighted by Crippen LogP contribution is -2.18. The normalized spacial score (nSPS) is 14.2. The van der Waals surface area contributed by atoms with Gasteiger partial charge in [-0.2, -0.15) is 0 Å². The quantitative estimate of drug-likeness (QED) is 0.670. The van der Waals surface area contributed by atoms with E-state index in [2.05, 4.69) is 49.1 Å². The third-order valence-electron chi connectivity index (χ3n) is 4.92. The number of pyridine rings is 1. The molecule has 0 amide bonds. The van der Waals surface area contributed by atoms with E-state index in [4.69, 9.17) is 9.72 Å². The molecule has 4 rings (SSSR count). The molecule has 2 heterocycles. The van der Waals surface area contributed by atoms with Gasteiger partial charge in [-0.05, 0) is 56.0 Å². The molecule has 1 aliphatic heterocycles. The Labute approximate surface area is 149 Å². The molecule has 0 bridgehead atoms. The highest BCUT2D eigenvalue weighted by Crippen LogP contribution is 2.30. The summed E-state index contributed by atoms with van der Waals surface area (Å²) in [4.78, 5) is 7.25. The van der Waals surface area contributed by atoms with Crippen molar-refractivity contribution in [1.82, 2.24) is 4.98 Å². The average Bonchev–Trinajstić information content (AvgIpc) is 3.14. The SMILES string of the molecule is Cc1cc(N2CCCC2)c2ccc(COc3ccccc3C)cc2n1. The van der Waals surface area contributed by atoms with Gasteiger partial charge in [-0.3, -0.25) is 4.98 Å². The zero-order valence-electron chi connectivity index (χ0n) is 15.0. The molecule has 0 unspecified atom stereocenters. The number of ether oxygens (including phenoxy) is 1. The van der Waals surface area contributed by atoms with Crippen LogP contribution in [0.2, 0.25) is 0 Å². The Morgan fingerprint density at radius 1 is 1.00 bits per heavy atom. The minimum Gasteiger partial charge on any atom is -0.489 e. The van der Waals surface area contributed by atoms with E-state index in [9.17, 15) is 0 Å². The van der Waals surface area contributed by atoms with Crippen molar-refractivity contribution in [3.63, 3.8) is 0 Å². The summed E-state index contributed by atoms with van der Waals surface area (Å²) < 4.78 is 5.99. The van der Waals surface area contributed by atoms with Crippen LogP contribution >= 0.6 is 0 Å². The Morgan fingerprint density at radius 2 is 1.80 bits per heavy atom. The van der Waals surface area contributed by atoms with Gasteiger partial charge >= 0.3 is 0 Å². The zero-order chi connectivity index (χ0) is 17.2. The number of benzene rings is 2. The monoisotopic (exact) mass is 332 g/mol. The molecule has 2 aromatic carbocycles. The number of fused-ring (bicyclic) bond motifs is 1. The predicted octanol–water partition coefficient (Wildman–Crippen LogP) is 5.03. The second-order valence-corrected chi connectivity index (χ2v) is 6.88. The number of anilines is 1. The number of nitrogens with zero attached hydrogens (tertiary/aromatic N) is 2. The molecular weight excluding hydrogens is 308 g/mol. The molecule has 3 heteroatoms. The predicted molar refractivity (Wildman–Crippen MR) is 103 cm³/mol. The van der Waals surface area contributed by atoms with Crippen LogP contribution in [-0.4, -0.2) is 18.1 Å². The van der Waals surface area contributed by atoms with E-state index in [-0.39, 0.29) is 0 Å². The molecule has 1 aromatic heterocycles. The first-order chi connectivity index (χ1) is 12.2. The standard InChI is InChI=1S/C22H24N2O/c1-16-7-3-4-8-22(16)25-15-18-9-10-19-20(14-18)23-17(2)13-21(19)24-11-5-6-12-24/h3-4,7-10,13-14H,5-6,11-12,15H2,1-2H3. The van der Waals surface area contributed by atoms with Crippen molar-refractivity contribution >= 4 is 16.6 Å². The second kappa shape index (κ2) is 6.75. The molecule has 128 valence electrons. The van der Waals surface area contributed by atoms with Crippen LogP contribution < -0.4 is 9.64 Å². The van der Waals surface area contributed by atoms with Gasteiger partial charge in [0.1, 0.15) is 12.4 Å². The van der Waals surface area contributed by atoms with E-state index < -0.39 is 0 Å². The van der Waals surface area contributed by atoms with Crippen LogP contribution in [-0.2, 0) is 6.61 Å². The summed E-state index contributed by atoms with van der Waals surface area (Å²) in [5.74, 6) is 0.942. The fourth-order valence-corrected chi connectivity index (χ4v) is 3.57. The van der Waals surface area contributed by atoms with E-state index in [0.717, 1.165) is 41.2 Å². The lowest BCUT2D eigenvalue weighted by molar-refractivity contribution is 0.304. The smallest absolute Gasteiger partial charge is 0.122 e. The van der Waals surface area contributed by atoms with Crippen molar-refractivity contribution in [2.45, 2.75) is 33.3 Å². The van der Waals surface area contributed by atoms with Gasteiger partial charge in [0.2, 0.25) is 0 Å². The Hall–Kier alpha value is -2.55. The highest BCUT2D eigenvalue weighted by molar-refractivity contribution is 5.92. The largest absolute Gasteiger partial charge is 0.489 e. The van der Waals surface area contributed by atoms with Crippen LogP contribution in [0, 0.1) is 13.8 Å². The van der Waals surface area contributed by atoms with Crippen LogP contribution in [0.25, 0.3) is 10.9 Å². The van der Waals surface area contributed by atoms with E-state index in [1.807, 2.05) is 18.2 Å². The molecule has 1 fully saturated rings. The third kappa shape index (κ3) is 3.32. The van der Waals surface area contributed by atoms with Crippen LogP contribution in [0.4, 0.5) is 5.69 Å². The number of aryl methyl sites for hydroxylation is 2. The fraction of sp³-hybridized carbons (Fsp3) is 0.318. The van der Waals surface area contributed by atoms with Crippen molar-refractivity contribution in [2.24, 2.45) is 0 Å². The lowest BCUT2D eigenvalue weighted by atomic mass is 10.1. The van der Waals surface area contributed by atoms with Crippen LogP contribution in [0.1, 0.15) is 29.7 Å². The fourth-order valence-electron chi connectivity index (χ4n) is 3.57. The maximum absolute atomic E-state index is 5.99. The number of rotatable bonds is 4. The molecule has 0 N–H and O–H groups in total. The minimum atomic E-state index is 0.565. The summed E-state index contributed by atoms with van der Waals surface area (Å²) >= 11 is 0. The third-order valence-corrected chi connectivity index (χ3v) is 4.92. The summed E-state index contributed by atoms with van der Waals surface area (Å²) in [5.41, 5.74) is 5.78. The first-order valence-corrected chi connectivity index (χ1v) is 9.04. The first kappa shape index (κ1) is 15.9. The van der Waals surface area contributed by atoms with E-state index in [1.54, 1.807) is 0 Å². The first-order valence-electron chi connectivity index (χ1n) is 9.04. The summed E-state index contributed by atoms with van der Waals surface area (Å²) in [6.07, 6.45) is 2.57. The summed E-state index contributed by atoms with van der Waals surface area (Å²) in [6, 6.07) is 16.9. The molecule has 25 heavy (non-hydrogen) atoms. The Balaban J connectivity index is 1.62. The van der Waals surface area contributed by atoms with Gasteiger partial charge < -0.3 is 9.64 Å². The van der Waals surface area contributed by atoms with Gasteiger partial charge in [-0.15, -0.1) is 0 Å². The van der Waals surface area contributed by atoms with Crippen LogP contribution in [0.15, 0.2) is 48.5 Å². The topological polar surface area (TPSA) is 25.4 Å². The zero-order valence-corrected chi connectivity index (χ0v) is 15.0. The van der Waals surface area contributed by atoms with Crippen LogP contribution in [0.5, 0.6) is 5.75 Å². The van der Waals surface area contributed by atoms with Gasteiger partial charge in [0.15, 0.2) is 0 Å². The van der Waals surface area contributed by atoms with Crippen molar-refractivity contribution in [2.75, 3.05) is 18.0 Å². The molecule has 3 aromatic rings. The van der Waals surface area contributed by atoms with Gasteiger partial charge in [0.25, 0.3) is 0 Å². The Bertz CT molecular complexity index is 898. The van der Waals surface area contributed by atoms with Gasteiger partial charge in [0.05, 0.1) is 5.52 Å². The number of aromatic nitrogens is 1. The average molecular weight is 332 g/mol. The molecule has 0 atom stereocenters. The Morgan fingerprint density at radius 3 is 2.60 bits per heavy atom. The number of hydrogen-bond acceptors (Lipinski definition) is 3. The van der Waals surface area contributed by atoms with E-state index in [0.29, 0.717) is 6.61 Å². The van der Waals surface area contributed by atoms with Crippen molar-refractivity contribution < 1.29 is 4.74 Å². The highest BCUT2D eigenvalue weighted by Gasteiger charge is 2.16. The molecule has 0 aliphatic carbocycles. The lowest BCUT2D eigenvalue weighted by Gasteiger charge is -2.20. The van der Waals surface area contributed by atoms with E-state index >= 15 is 0 Å². The van der Waals surface area contributed by atoms with Crippen molar-refractivity contribution in [3.8, 4) is 5.75 Å². The van der Waals surface area contributed by atoms with Gasteiger partial charge in [-0.25, -0.2) is 0 Å². The van der Waals surface area contributed by atoms with Gasteiger partial charge in [-0.1, -0.05) is 30.3 Å². The highest BCUT2D eigenvalue weighted by atomic mass is 16.5. The summed E-state index contributed by atoms with van der Waals surface area (Å²) in [7, 11) is 0. The molecule has 1 saturated heterocycles. The molecule has 0 spiro atoms. The minimum absolute atomic E-state index is 0.565. The molecular formula is C22H24N2O. The van der Waals surface area contributed by atoms with Gasteiger partial charge in [0, 0.05) is 29.9 Å². The van der Waals surface area contributed by atoms with E-state index in [1.165, 1.54) is 23.9 Å². The maximum Gasteiger partial charge on any atom is 0.122 e. The molecule has 0 radical (unpaired) electrons. The maximum atomic E-state index is 5.99. The summed E-state index contributed by atoms with van der Waals surface area (Å²) in [6.45, 7) is 7.02. The Kier molecular flexibility index (Phi) is 4.31. The second-order valence-electron chi connectivity index (χ2n) is 6.88. The molecule has 0 saturated carbocycles. The number of hydrogen-bond donors (Lipinski definition) is 0. The number of para-hydroxylation sites is 1. The molecule has 3 nitrogen and oxygen atoms in total. The van der Waals surface area contributed by atoms with Crippen molar-refractivity contribution in [1.29, 1.82) is 0 Å².